The van der Waals surface area contributed by atoms with Crippen molar-refractivity contribution >= 4 is 11.6 Å². The molecular formula is C24H28O6. The molecule has 0 bridgehead atoms. The van der Waals surface area contributed by atoms with Crippen molar-refractivity contribution in [2.24, 2.45) is 0 Å². The molecule has 0 aliphatic rings. The Balaban J connectivity index is 0.000000300. The van der Waals surface area contributed by atoms with Crippen molar-refractivity contribution in [2.75, 3.05) is 14.2 Å². The van der Waals surface area contributed by atoms with Gasteiger partial charge in [0.05, 0.1) is 25.3 Å². The van der Waals surface area contributed by atoms with Crippen LogP contribution in [0.15, 0.2) is 49.6 Å². The first-order valence-electron chi connectivity index (χ1n) is 9.23. The third-order valence-corrected chi connectivity index (χ3v) is 4.23. The Morgan fingerprint density at radius 1 is 0.800 bits per heavy atom. The molecule has 6 nitrogen and oxygen atoms in total. The number of hydrogen-bond donors (Lipinski definition) is 2. The molecule has 0 saturated carbocycles. The summed E-state index contributed by atoms with van der Waals surface area (Å²) in [5.41, 5.74) is 2.35. The Bertz CT molecular complexity index is 866. The first kappa shape index (κ1) is 24.5. The molecule has 0 atom stereocenters. The second-order valence-corrected chi connectivity index (χ2v) is 6.49. The van der Waals surface area contributed by atoms with Gasteiger partial charge in [-0.3, -0.25) is 9.59 Å². The highest BCUT2D eigenvalue weighted by molar-refractivity contribution is 5.98. The number of phenolic OH excluding ortho intramolecular Hbond substituents is 2. The van der Waals surface area contributed by atoms with Crippen LogP contribution >= 0.6 is 0 Å². The number of phenols is 2. The van der Waals surface area contributed by atoms with Crippen molar-refractivity contribution in [1.29, 1.82) is 0 Å². The maximum atomic E-state index is 11.2. The molecule has 0 fully saturated rings. The third-order valence-electron chi connectivity index (χ3n) is 4.23. The van der Waals surface area contributed by atoms with Crippen LogP contribution in [0, 0.1) is 0 Å². The van der Waals surface area contributed by atoms with Gasteiger partial charge in [-0.1, -0.05) is 12.2 Å². The van der Waals surface area contributed by atoms with Gasteiger partial charge < -0.3 is 19.7 Å². The normalized spacial score (nSPS) is 9.73. The van der Waals surface area contributed by atoms with Crippen molar-refractivity contribution in [3.8, 4) is 23.0 Å². The summed E-state index contributed by atoms with van der Waals surface area (Å²) in [7, 11) is 2.91. The maximum absolute atomic E-state index is 11.2. The summed E-state index contributed by atoms with van der Waals surface area (Å²) in [6, 6.07) is 6.70. The van der Waals surface area contributed by atoms with Crippen LogP contribution in [0.2, 0.25) is 0 Å². The monoisotopic (exact) mass is 412 g/mol. The molecule has 2 N–H and O–H groups in total. The number of benzene rings is 2. The smallest absolute Gasteiger partial charge is 0.168 e. The van der Waals surface area contributed by atoms with Gasteiger partial charge in [0, 0.05) is 0 Å². The van der Waals surface area contributed by atoms with E-state index in [2.05, 4.69) is 13.2 Å². The van der Waals surface area contributed by atoms with E-state index < -0.39 is 0 Å². The summed E-state index contributed by atoms with van der Waals surface area (Å²) in [5.74, 6) is 0.0724. The molecule has 0 amide bonds. The predicted octanol–water partition coefficient (Wildman–Crippen LogP) is 4.66. The zero-order valence-electron chi connectivity index (χ0n) is 17.8. The van der Waals surface area contributed by atoms with Crippen molar-refractivity contribution in [1.82, 2.24) is 0 Å². The van der Waals surface area contributed by atoms with Crippen molar-refractivity contribution in [3.05, 3.63) is 71.8 Å². The molecule has 2 aromatic carbocycles. The second kappa shape index (κ2) is 11.5. The summed E-state index contributed by atoms with van der Waals surface area (Å²) in [5, 5.41) is 19.4. The molecule has 0 spiro atoms. The highest BCUT2D eigenvalue weighted by atomic mass is 16.5. The molecule has 160 valence electrons. The number of rotatable bonds is 8. The second-order valence-electron chi connectivity index (χ2n) is 6.49. The largest absolute Gasteiger partial charge is 0.504 e. The number of methoxy groups -OCH3 is 2. The van der Waals surface area contributed by atoms with E-state index in [1.807, 2.05) is 0 Å². The highest BCUT2D eigenvalue weighted by Crippen LogP contribution is 2.32. The van der Waals surface area contributed by atoms with Gasteiger partial charge in [-0.05, 0) is 62.1 Å². The van der Waals surface area contributed by atoms with Crippen LogP contribution in [0.1, 0.15) is 45.7 Å². The molecule has 0 radical (unpaired) electrons. The summed E-state index contributed by atoms with van der Waals surface area (Å²) >= 11 is 0. The fourth-order valence-corrected chi connectivity index (χ4v) is 2.75. The molecule has 30 heavy (non-hydrogen) atoms. The summed E-state index contributed by atoms with van der Waals surface area (Å²) in [6.45, 7) is 10.1. The van der Waals surface area contributed by atoms with E-state index in [9.17, 15) is 19.8 Å². The van der Waals surface area contributed by atoms with Crippen LogP contribution in [-0.2, 0) is 12.8 Å². The van der Waals surface area contributed by atoms with Crippen LogP contribution in [0.3, 0.4) is 0 Å². The molecule has 0 aromatic heterocycles. The van der Waals surface area contributed by atoms with E-state index in [1.165, 1.54) is 28.1 Å². The van der Waals surface area contributed by atoms with Gasteiger partial charge in [-0.15, -0.1) is 13.2 Å². The lowest BCUT2D eigenvalue weighted by atomic mass is 10.0. The fourth-order valence-electron chi connectivity index (χ4n) is 2.75. The minimum Gasteiger partial charge on any atom is -0.504 e. The lowest BCUT2D eigenvalue weighted by molar-refractivity contribution is 0.100. The first-order valence-corrected chi connectivity index (χ1v) is 9.23. The molecule has 2 rings (SSSR count). The Hall–Kier alpha value is -3.54. The zero-order valence-corrected chi connectivity index (χ0v) is 17.8. The lowest BCUT2D eigenvalue weighted by Gasteiger charge is -2.09. The third kappa shape index (κ3) is 6.24. The van der Waals surface area contributed by atoms with E-state index in [0.29, 0.717) is 24.3 Å². The average Bonchev–Trinajstić information content (AvgIpc) is 2.70. The molecule has 0 aliphatic heterocycles. The predicted molar refractivity (Wildman–Crippen MR) is 117 cm³/mol. The zero-order chi connectivity index (χ0) is 22.8. The van der Waals surface area contributed by atoms with Crippen LogP contribution in [-0.4, -0.2) is 36.0 Å². The molecular weight excluding hydrogens is 384 g/mol. The van der Waals surface area contributed by atoms with Crippen molar-refractivity contribution in [2.45, 2.75) is 26.7 Å². The van der Waals surface area contributed by atoms with E-state index >= 15 is 0 Å². The Morgan fingerprint density at radius 3 is 1.37 bits per heavy atom. The minimum atomic E-state index is -0.184. The van der Waals surface area contributed by atoms with Crippen molar-refractivity contribution in [3.63, 3.8) is 0 Å². The van der Waals surface area contributed by atoms with Gasteiger partial charge in [0.2, 0.25) is 0 Å². The molecule has 0 saturated heterocycles. The number of ketones is 2. The van der Waals surface area contributed by atoms with Gasteiger partial charge in [0.25, 0.3) is 0 Å². The standard InChI is InChI=1S/2C12H14O3/c2*1-4-5-9-6-10(8(2)13)12(14)11(7-9)15-3/h2*4,6-7,14H,1,5H2,2-3H3. The van der Waals surface area contributed by atoms with E-state index in [0.717, 1.165) is 11.1 Å². The molecule has 2 aromatic rings. The average molecular weight is 412 g/mol. The lowest BCUT2D eigenvalue weighted by Crippen LogP contribution is -1.97. The van der Waals surface area contributed by atoms with Crippen LogP contribution in [0.25, 0.3) is 0 Å². The van der Waals surface area contributed by atoms with E-state index in [4.69, 9.17) is 9.47 Å². The minimum absolute atomic E-state index is 0.0992. The molecule has 0 aliphatic carbocycles. The quantitative estimate of drug-likeness (QED) is 0.484. The van der Waals surface area contributed by atoms with Gasteiger partial charge in [0.15, 0.2) is 34.6 Å². The number of Topliss-reactive ketones (excluding diaryl/α,β-unsaturated/α-hetero) is 2. The number of carbonyl (C=O) groups is 2. The number of carbonyl (C=O) groups excluding carboxylic acids is 2. The Labute approximate surface area is 177 Å². The fraction of sp³-hybridized carbons (Fsp3) is 0.250. The van der Waals surface area contributed by atoms with Crippen LogP contribution < -0.4 is 9.47 Å². The topological polar surface area (TPSA) is 93.1 Å². The Morgan fingerprint density at radius 2 is 1.13 bits per heavy atom. The SMILES string of the molecule is C=CCc1cc(OC)c(O)c(C(C)=O)c1.C=CCc1cc(OC)c(O)c(C(C)=O)c1. The summed E-state index contributed by atoms with van der Waals surface area (Å²) in [6.07, 6.45) is 4.74. The molecule has 0 unspecified atom stereocenters. The van der Waals surface area contributed by atoms with Gasteiger partial charge >= 0.3 is 0 Å². The van der Waals surface area contributed by atoms with Gasteiger partial charge in [-0.25, -0.2) is 0 Å². The number of aromatic hydroxyl groups is 2. The van der Waals surface area contributed by atoms with Crippen molar-refractivity contribution < 1.29 is 29.3 Å². The summed E-state index contributed by atoms with van der Waals surface area (Å²) < 4.78 is 9.97. The molecule has 6 heteroatoms. The Kier molecular flexibility index (Phi) is 9.36. The maximum Gasteiger partial charge on any atom is 0.168 e. The van der Waals surface area contributed by atoms with Gasteiger partial charge in [0.1, 0.15) is 0 Å². The highest BCUT2D eigenvalue weighted by Gasteiger charge is 2.14. The molecule has 0 heterocycles. The first-order chi connectivity index (χ1) is 14.2. The van der Waals surface area contributed by atoms with Crippen LogP contribution in [0.4, 0.5) is 0 Å². The van der Waals surface area contributed by atoms with Crippen LogP contribution in [0.5, 0.6) is 23.0 Å². The number of allylic oxidation sites excluding steroid dienone is 2. The van der Waals surface area contributed by atoms with E-state index in [-0.39, 0.29) is 34.2 Å². The van der Waals surface area contributed by atoms with E-state index in [1.54, 1.807) is 36.4 Å². The number of ether oxygens (including phenoxy) is 2. The summed E-state index contributed by atoms with van der Waals surface area (Å²) in [4.78, 5) is 22.5. The number of hydrogen-bond acceptors (Lipinski definition) is 6. The van der Waals surface area contributed by atoms with Gasteiger partial charge in [-0.2, -0.15) is 0 Å².